The monoisotopic (exact) mass is 388 g/mol. The molecule has 3 rings (SSSR count). The smallest absolute Gasteiger partial charge is 0.316 e. The third-order valence-corrected chi connectivity index (χ3v) is 6.28. The number of esters is 1. The maximum atomic E-state index is 13.2. The van der Waals surface area contributed by atoms with Gasteiger partial charge in [-0.25, -0.2) is 8.42 Å². The molecule has 0 N–H and O–H groups in total. The van der Waals surface area contributed by atoms with Crippen molar-refractivity contribution in [1.29, 1.82) is 0 Å². The molecule has 7 nitrogen and oxygen atoms in total. The maximum absolute atomic E-state index is 13.2. The average Bonchev–Trinajstić information content (AvgIpc) is 2.80. The van der Waals surface area contributed by atoms with E-state index in [0.717, 1.165) is 9.87 Å². The van der Waals surface area contributed by atoms with E-state index >= 15 is 0 Å². The highest BCUT2D eigenvalue weighted by Gasteiger charge is 2.38. The van der Waals surface area contributed by atoms with Crippen molar-refractivity contribution in [3.05, 3.63) is 53.9 Å². The Morgan fingerprint density at radius 3 is 2.63 bits per heavy atom. The number of aromatic nitrogens is 1. The van der Waals surface area contributed by atoms with Crippen molar-refractivity contribution in [1.82, 2.24) is 4.98 Å². The van der Waals surface area contributed by atoms with Crippen LogP contribution in [0.1, 0.15) is 29.3 Å². The molecule has 1 aromatic heterocycles. The fraction of sp³-hybridized carbons (Fsp3) is 0.316. The summed E-state index contributed by atoms with van der Waals surface area (Å²) < 4.78 is 32.5. The minimum absolute atomic E-state index is 0.0237. The first-order chi connectivity index (χ1) is 12.9. The van der Waals surface area contributed by atoms with Crippen molar-refractivity contribution in [3.8, 4) is 0 Å². The highest BCUT2D eigenvalue weighted by atomic mass is 32.2. The maximum Gasteiger partial charge on any atom is 0.316 e. The predicted molar refractivity (Wildman–Crippen MR) is 99.0 cm³/mol. The van der Waals surface area contributed by atoms with Gasteiger partial charge in [0.15, 0.2) is 5.78 Å². The molecular weight excluding hydrogens is 368 g/mol. The third kappa shape index (κ3) is 3.57. The van der Waals surface area contributed by atoms with E-state index in [2.05, 4.69) is 4.98 Å². The second kappa shape index (κ2) is 7.48. The molecule has 2 aromatic rings. The topological polar surface area (TPSA) is 93.6 Å². The predicted octanol–water partition coefficient (Wildman–Crippen LogP) is 2.35. The quantitative estimate of drug-likeness (QED) is 0.590. The summed E-state index contributed by atoms with van der Waals surface area (Å²) in [6.45, 7) is 3.65. The number of anilines is 1. The van der Waals surface area contributed by atoms with Gasteiger partial charge in [0.2, 0.25) is 0 Å². The minimum atomic E-state index is -3.91. The molecule has 0 saturated heterocycles. The van der Waals surface area contributed by atoms with Crippen molar-refractivity contribution in [2.24, 2.45) is 5.92 Å². The number of nitrogens with zero attached hydrogens (tertiary/aromatic N) is 2. The number of ketones is 1. The second-order valence-corrected chi connectivity index (χ2v) is 8.10. The van der Waals surface area contributed by atoms with E-state index in [1.54, 1.807) is 19.1 Å². The lowest BCUT2D eigenvalue weighted by Gasteiger charge is -2.23. The molecule has 1 atom stereocenters. The fourth-order valence-corrected chi connectivity index (χ4v) is 4.52. The number of rotatable bonds is 4. The van der Waals surface area contributed by atoms with Crippen molar-refractivity contribution in [3.63, 3.8) is 0 Å². The van der Waals surface area contributed by atoms with E-state index in [0.29, 0.717) is 0 Å². The Balaban J connectivity index is 2.07. The number of carbonyl (C=O) groups is 2. The average molecular weight is 388 g/mol. The molecule has 27 heavy (non-hydrogen) atoms. The molecule has 8 heteroatoms. The van der Waals surface area contributed by atoms with Crippen LogP contribution in [0.5, 0.6) is 0 Å². The van der Waals surface area contributed by atoms with Gasteiger partial charge in [-0.3, -0.25) is 18.9 Å². The number of hydrogen-bond donors (Lipinski definition) is 0. The van der Waals surface area contributed by atoms with Crippen LogP contribution in [0.25, 0.3) is 0 Å². The number of pyridine rings is 1. The first-order valence-electron chi connectivity index (χ1n) is 8.60. The van der Waals surface area contributed by atoms with Gasteiger partial charge >= 0.3 is 5.97 Å². The van der Waals surface area contributed by atoms with Crippen LogP contribution < -0.4 is 4.31 Å². The Kier molecular flexibility index (Phi) is 5.27. The van der Waals surface area contributed by atoms with Crippen LogP contribution in [0, 0.1) is 12.8 Å². The Hall–Kier alpha value is -2.74. The van der Waals surface area contributed by atoms with E-state index in [1.165, 1.54) is 30.6 Å². The summed E-state index contributed by atoms with van der Waals surface area (Å²) in [6, 6.07) is 7.90. The van der Waals surface area contributed by atoms with Crippen molar-refractivity contribution in [2.45, 2.75) is 25.2 Å². The van der Waals surface area contributed by atoms with Crippen LogP contribution in [0.3, 0.4) is 0 Å². The highest BCUT2D eigenvalue weighted by Crippen LogP contribution is 2.33. The van der Waals surface area contributed by atoms with Gasteiger partial charge < -0.3 is 4.74 Å². The van der Waals surface area contributed by atoms with Gasteiger partial charge in [0, 0.05) is 18.3 Å². The van der Waals surface area contributed by atoms with Crippen LogP contribution in [0.2, 0.25) is 0 Å². The molecule has 0 spiro atoms. The number of Topliss-reactive ketones (excluding diaryl/α,β-unsaturated/α-hetero) is 1. The van der Waals surface area contributed by atoms with Crippen LogP contribution in [0.15, 0.2) is 47.6 Å². The van der Waals surface area contributed by atoms with E-state index in [4.69, 9.17) is 4.74 Å². The largest absolute Gasteiger partial charge is 0.465 e. The number of carbonyl (C=O) groups excluding carboxylic acids is 2. The van der Waals surface area contributed by atoms with E-state index < -0.39 is 27.7 Å². The molecule has 1 aliphatic rings. The normalized spacial score (nSPS) is 17.2. The van der Waals surface area contributed by atoms with E-state index in [-0.39, 0.29) is 35.7 Å². The van der Waals surface area contributed by atoms with Crippen LogP contribution in [-0.4, -0.2) is 38.3 Å². The molecule has 0 aliphatic carbocycles. The molecule has 142 valence electrons. The summed E-state index contributed by atoms with van der Waals surface area (Å²) in [5, 5.41) is 0. The molecule has 0 bridgehead atoms. The van der Waals surface area contributed by atoms with Crippen LogP contribution >= 0.6 is 0 Å². The molecule has 0 amide bonds. The van der Waals surface area contributed by atoms with Gasteiger partial charge in [0.1, 0.15) is 5.92 Å². The number of benzene rings is 1. The van der Waals surface area contributed by atoms with Gasteiger partial charge in [-0.05, 0) is 38.5 Å². The third-order valence-electron chi connectivity index (χ3n) is 4.45. The van der Waals surface area contributed by atoms with Crippen LogP contribution in [-0.2, 0) is 19.6 Å². The molecule has 1 unspecified atom stereocenters. The van der Waals surface area contributed by atoms with E-state index in [1.807, 2.05) is 6.92 Å². The first-order valence-corrected chi connectivity index (χ1v) is 10.0. The standard InChI is InChI=1S/C19H20N2O5S/c1-3-26-19(23)16-9-11-21(17-12-20-10-8-15(17)18(16)22)27(24,25)14-6-4-13(2)5-7-14/h4-8,10,12,16H,3,9,11H2,1-2H3. The SMILES string of the molecule is CCOC(=O)C1CCN(S(=O)(=O)c2ccc(C)cc2)c2cnccc2C1=O. The second-order valence-electron chi connectivity index (χ2n) is 6.24. The molecule has 1 aliphatic heterocycles. The number of fused-ring (bicyclic) bond motifs is 1. The number of sulfonamides is 1. The summed E-state index contributed by atoms with van der Waals surface area (Å²) in [5.74, 6) is -2.13. The number of ether oxygens (including phenoxy) is 1. The summed E-state index contributed by atoms with van der Waals surface area (Å²) in [5.41, 5.74) is 1.26. The minimum Gasteiger partial charge on any atom is -0.465 e. The van der Waals surface area contributed by atoms with Crippen molar-refractivity contribution >= 4 is 27.5 Å². The summed E-state index contributed by atoms with van der Waals surface area (Å²) in [4.78, 5) is 29.2. The lowest BCUT2D eigenvalue weighted by atomic mass is 9.96. The van der Waals surface area contributed by atoms with Gasteiger partial charge in [0.05, 0.1) is 23.4 Å². The summed E-state index contributed by atoms with van der Waals surface area (Å²) in [6.07, 6.45) is 2.78. The molecule has 0 fully saturated rings. The Bertz CT molecular complexity index is 970. The van der Waals surface area contributed by atoms with Gasteiger partial charge in [-0.15, -0.1) is 0 Å². The van der Waals surface area contributed by atoms with Gasteiger partial charge in [0.25, 0.3) is 10.0 Å². The number of aryl methyl sites for hydroxylation is 1. The lowest BCUT2D eigenvalue weighted by molar-refractivity contribution is -0.146. The molecular formula is C19H20N2O5S. The number of hydrogen-bond acceptors (Lipinski definition) is 6. The van der Waals surface area contributed by atoms with Gasteiger partial charge in [-0.2, -0.15) is 0 Å². The Morgan fingerprint density at radius 1 is 1.26 bits per heavy atom. The molecule has 2 heterocycles. The van der Waals surface area contributed by atoms with Crippen molar-refractivity contribution < 1.29 is 22.7 Å². The highest BCUT2D eigenvalue weighted by molar-refractivity contribution is 7.92. The first kappa shape index (κ1) is 19.0. The summed E-state index contributed by atoms with van der Waals surface area (Å²) in [7, 11) is -3.91. The van der Waals surface area contributed by atoms with E-state index in [9.17, 15) is 18.0 Å². The van der Waals surface area contributed by atoms with Crippen LogP contribution in [0.4, 0.5) is 5.69 Å². The molecule has 0 radical (unpaired) electrons. The summed E-state index contributed by atoms with van der Waals surface area (Å²) >= 11 is 0. The molecule has 1 aromatic carbocycles. The Labute approximate surface area is 158 Å². The fourth-order valence-electron chi connectivity index (χ4n) is 3.03. The van der Waals surface area contributed by atoms with Gasteiger partial charge in [-0.1, -0.05) is 17.7 Å². The zero-order valence-electron chi connectivity index (χ0n) is 15.1. The lowest BCUT2D eigenvalue weighted by Crippen LogP contribution is -2.33. The zero-order chi connectivity index (χ0) is 19.6. The molecule has 0 saturated carbocycles. The van der Waals surface area contributed by atoms with Crippen molar-refractivity contribution in [2.75, 3.05) is 17.5 Å². The Morgan fingerprint density at radius 2 is 1.96 bits per heavy atom. The zero-order valence-corrected chi connectivity index (χ0v) is 15.9.